The van der Waals surface area contributed by atoms with Crippen LogP contribution in [-0.2, 0) is 57.8 Å². The van der Waals surface area contributed by atoms with Gasteiger partial charge in [0.2, 0.25) is 24.9 Å². The summed E-state index contributed by atoms with van der Waals surface area (Å²) in [5, 5.41) is 0.528. The van der Waals surface area contributed by atoms with E-state index in [1.165, 1.54) is 104 Å². The van der Waals surface area contributed by atoms with Crippen molar-refractivity contribution < 1.29 is 72.9 Å². The molecule has 19 heteroatoms. The molecule has 6 unspecified atom stereocenters. The molecule has 448 valence electrons. The summed E-state index contributed by atoms with van der Waals surface area (Å²) in [7, 11) is -11.0. The Kier molecular flexibility index (Phi) is 19.5. The number of benzene rings is 6. The number of allylic oxidation sites excluding steroid dienone is 1. The molecule has 0 aromatic heterocycles. The normalized spacial score (nSPS) is 19.9. The predicted molar refractivity (Wildman–Crippen MR) is 314 cm³/mol. The fraction of sp³-hybridized carbons (Fsp3) is 0.333. The number of sulfone groups is 2. The molecule has 4 fully saturated rings. The van der Waals surface area contributed by atoms with Gasteiger partial charge >= 0.3 is 28.4 Å². The lowest BCUT2D eigenvalue weighted by Crippen LogP contribution is -2.50. The summed E-state index contributed by atoms with van der Waals surface area (Å²) in [5.41, 5.74) is 0.915. The van der Waals surface area contributed by atoms with Gasteiger partial charge in [-0.05, 0) is 145 Å². The van der Waals surface area contributed by atoms with Crippen molar-refractivity contribution in [2.24, 2.45) is 35.5 Å². The molecule has 6 atom stereocenters. The smallest absolute Gasteiger partial charge is 0.380 e. The van der Waals surface area contributed by atoms with Gasteiger partial charge in [0, 0.05) is 11.1 Å². The number of halogens is 5. The van der Waals surface area contributed by atoms with Crippen LogP contribution in [0.1, 0.15) is 98.6 Å². The van der Waals surface area contributed by atoms with Crippen LogP contribution in [0.3, 0.4) is 0 Å². The lowest BCUT2D eigenvalue weighted by atomic mass is 9.84. The molecule has 4 aliphatic rings. The second-order valence-electron chi connectivity index (χ2n) is 22.2. The molecular formula is C66H65ClF4O12S2. The van der Waals surface area contributed by atoms with Gasteiger partial charge in [-0.1, -0.05) is 172 Å². The van der Waals surface area contributed by atoms with Crippen LogP contribution in [0.5, 0.6) is 11.5 Å². The average molecular weight is 1230 g/mol. The van der Waals surface area contributed by atoms with E-state index in [-0.39, 0.29) is 62.3 Å². The molecular weight excluding hydrogens is 1160 g/mol. The minimum Gasteiger partial charge on any atom is -0.508 e. The largest absolute Gasteiger partial charge is 0.508 e. The quantitative estimate of drug-likeness (QED) is 0.0202. The van der Waals surface area contributed by atoms with Crippen LogP contribution in [0.25, 0.3) is 0 Å². The third kappa shape index (κ3) is 12.8. The minimum absolute atomic E-state index is 0.00544. The molecule has 0 amide bonds. The maximum atomic E-state index is 16.2. The van der Waals surface area contributed by atoms with E-state index in [1.54, 1.807) is 79.7 Å². The van der Waals surface area contributed by atoms with Gasteiger partial charge in [-0.3, -0.25) is 14.4 Å². The highest BCUT2D eigenvalue weighted by atomic mass is 35.5. The predicted octanol–water partition coefficient (Wildman–Crippen LogP) is 13.4. The molecule has 0 saturated heterocycles. The van der Waals surface area contributed by atoms with Crippen LogP contribution >= 0.6 is 11.6 Å². The zero-order chi connectivity index (χ0) is 61.5. The molecule has 0 spiro atoms. The Morgan fingerprint density at radius 2 is 0.800 bits per heavy atom. The van der Waals surface area contributed by atoms with Crippen molar-refractivity contribution in [3.05, 3.63) is 228 Å². The summed E-state index contributed by atoms with van der Waals surface area (Å²) >= 11 is 4.87. The third-order valence-corrected chi connectivity index (χ3v) is 21.7. The van der Waals surface area contributed by atoms with Gasteiger partial charge in [-0.25, -0.2) is 21.6 Å². The van der Waals surface area contributed by atoms with Crippen molar-refractivity contribution in [2.45, 2.75) is 85.2 Å². The Labute approximate surface area is 497 Å². The van der Waals surface area contributed by atoms with Gasteiger partial charge in [0.15, 0.2) is 22.7 Å². The van der Waals surface area contributed by atoms with Crippen molar-refractivity contribution in [1.29, 1.82) is 0 Å². The maximum Gasteiger partial charge on any atom is 0.380 e. The van der Waals surface area contributed by atoms with E-state index in [9.17, 15) is 41.1 Å². The number of rotatable bonds is 19. The summed E-state index contributed by atoms with van der Waals surface area (Å²) in [6.45, 7) is 6.69. The third-order valence-electron chi connectivity index (χ3n) is 16.6. The Bertz CT molecular complexity index is 3520. The van der Waals surface area contributed by atoms with Gasteiger partial charge in [-0.15, -0.1) is 0 Å². The fourth-order valence-corrected chi connectivity index (χ4v) is 16.5. The van der Waals surface area contributed by atoms with Crippen LogP contribution in [0.4, 0.5) is 17.6 Å². The van der Waals surface area contributed by atoms with Gasteiger partial charge < -0.3 is 19.3 Å². The van der Waals surface area contributed by atoms with Gasteiger partial charge in [0.25, 0.3) is 0 Å². The van der Waals surface area contributed by atoms with Crippen molar-refractivity contribution in [3.63, 3.8) is 0 Å². The van der Waals surface area contributed by atoms with Gasteiger partial charge in [0.1, 0.15) is 11.5 Å². The lowest BCUT2D eigenvalue weighted by molar-refractivity contribution is -0.156. The number of ether oxygens (including phenoxy) is 3. The molecule has 1 N–H and O–H groups in total. The van der Waals surface area contributed by atoms with Crippen LogP contribution in [-0.4, -0.2) is 68.8 Å². The molecule has 12 nitrogen and oxygen atoms in total. The fourth-order valence-electron chi connectivity index (χ4n) is 12.5. The second-order valence-corrected chi connectivity index (χ2v) is 27.0. The first-order valence-corrected chi connectivity index (χ1v) is 31.0. The molecule has 4 bridgehead atoms. The Morgan fingerprint density at radius 1 is 0.494 bits per heavy atom. The van der Waals surface area contributed by atoms with Crippen LogP contribution in [0, 0.1) is 35.5 Å². The van der Waals surface area contributed by atoms with E-state index in [2.05, 4.69) is 13.2 Å². The van der Waals surface area contributed by atoms with E-state index in [0.29, 0.717) is 30.3 Å². The molecule has 0 radical (unpaired) electrons. The highest BCUT2D eigenvalue weighted by Gasteiger charge is 2.63. The number of hydrogen-bond donors (Lipinski definition) is 1. The summed E-state index contributed by atoms with van der Waals surface area (Å²) in [4.78, 5) is 47.4. The number of esters is 3. The Balaban J connectivity index is 0.000000203. The highest BCUT2D eigenvalue weighted by molar-refractivity contribution is 7.94. The first-order chi connectivity index (χ1) is 40.3. The number of carbonyl (C=O) groups excluding carboxylic acids is 4. The molecule has 6 aromatic carbocycles. The standard InChI is InChI=1S/C33H32F2O6S.C29H28F2O5S.C4H5ClO/c1-22(2)30(36)41-28-17-15-27(16-18-28)33(25-9-5-3-6-10-25,26-11-7-4-8-12-26)42(38,39)32(34,35)21-40-31(37)29-20-23-13-14-24(29)19-23;30-28(31,19-36-27(33)26-18-20-11-12-21(26)17-20)37(34,35)29(22-7-3-1-4-8-22,23-9-5-2-6-10-23)24-13-15-25(32)16-14-24;1-3(2)4(5)6/h3-12,15-18,23-24,29H,1,13-14,19-21H2,2H3;1-10,13-16,20-21,26,32H,11-12,17-19H2;1H2,2H3. The lowest BCUT2D eigenvalue weighted by Gasteiger charge is -2.37. The van der Waals surface area contributed by atoms with Crippen molar-refractivity contribution in [2.75, 3.05) is 13.2 Å². The molecule has 85 heavy (non-hydrogen) atoms. The number of fused-ring (bicyclic) bond motifs is 4. The van der Waals surface area contributed by atoms with Crippen molar-refractivity contribution in [1.82, 2.24) is 0 Å². The maximum absolute atomic E-state index is 16.2. The molecule has 4 saturated carbocycles. The van der Waals surface area contributed by atoms with Gasteiger partial charge in [-0.2, -0.15) is 17.6 Å². The number of carbonyl (C=O) groups is 4. The Hall–Kier alpha value is -7.41. The van der Waals surface area contributed by atoms with Gasteiger partial charge in [0.05, 0.1) is 11.8 Å². The van der Waals surface area contributed by atoms with E-state index in [0.717, 1.165) is 38.5 Å². The summed E-state index contributed by atoms with van der Waals surface area (Å²) in [6, 6.07) is 41.6. The molecule has 0 heterocycles. The first-order valence-electron chi connectivity index (χ1n) is 27.7. The van der Waals surface area contributed by atoms with E-state index in [1.807, 2.05) is 0 Å². The zero-order valence-corrected chi connectivity index (χ0v) is 49.1. The number of alkyl halides is 4. The van der Waals surface area contributed by atoms with Crippen LogP contribution < -0.4 is 4.74 Å². The van der Waals surface area contributed by atoms with E-state index >= 15 is 17.6 Å². The molecule has 4 aliphatic carbocycles. The van der Waals surface area contributed by atoms with Crippen molar-refractivity contribution in [3.8, 4) is 11.5 Å². The van der Waals surface area contributed by atoms with Crippen LogP contribution in [0.2, 0.25) is 0 Å². The average Bonchev–Trinajstić information content (AvgIpc) is 1.53. The molecule has 6 aromatic rings. The summed E-state index contributed by atoms with van der Waals surface area (Å²) < 4.78 is 132. The Morgan fingerprint density at radius 3 is 1.07 bits per heavy atom. The first kappa shape index (κ1) is 63.6. The van der Waals surface area contributed by atoms with Crippen molar-refractivity contribution >= 4 is 54.4 Å². The van der Waals surface area contributed by atoms with Crippen LogP contribution in [0.15, 0.2) is 194 Å². The highest BCUT2D eigenvalue weighted by Crippen LogP contribution is 2.54. The number of phenols is 1. The second kappa shape index (κ2) is 26.1. The number of hydrogen-bond acceptors (Lipinski definition) is 12. The molecule has 0 aliphatic heterocycles. The topological polar surface area (TPSA) is 184 Å². The number of aromatic hydroxyl groups is 1. The number of phenolic OH excluding ortho intramolecular Hbond substituents is 1. The monoisotopic (exact) mass is 1220 g/mol. The summed E-state index contributed by atoms with van der Waals surface area (Å²) in [6.07, 6.45) is 6.71. The zero-order valence-electron chi connectivity index (χ0n) is 46.8. The van der Waals surface area contributed by atoms with E-state index in [4.69, 9.17) is 25.8 Å². The van der Waals surface area contributed by atoms with E-state index < -0.39 is 87.9 Å². The minimum atomic E-state index is -5.53. The molecule has 10 rings (SSSR count). The SMILES string of the molecule is C=C(C)C(=O)Cl.C=C(C)C(=O)Oc1ccc(C(c2ccccc2)(c2ccccc2)S(=O)(=O)C(F)(F)COC(=O)C2CC3CCC2C3)cc1.O=C(OCC(F)(F)S(=O)(=O)C(c1ccccc1)(c1ccccc1)c1ccc(O)cc1)C1CC2CCC1C2. The summed E-state index contributed by atoms with van der Waals surface area (Å²) in [5.74, 6) is -2.19.